The molecule has 130 valence electrons. The van der Waals surface area contributed by atoms with Crippen molar-refractivity contribution >= 4 is 46.5 Å². The van der Waals surface area contributed by atoms with E-state index in [0.29, 0.717) is 22.0 Å². The summed E-state index contributed by atoms with van der Waals surface area (Å²) in [5, 5.41) is 5.68. The van der Waals surface area contributed by atoms with Gasteiger partial charge in [0.05, 0.1) is 23.4 Å². The molecule has 2 rings (SSSR count). The third-order valence-corrected chi connectivity index (χ3v) is 3.55. The fourth-order valence-corrected chi connectivity index (χ4v) is 2.32. The predicted octanol–water partition coefficient (Wildman–Crippen LogP) is 3.02. The Bertz CT molecular complexity index is 798. The number of rotatable bonds is 5. The highest BCUT2D eigenvalue weighted by molar-refractivity contribution is 7.80. The molecular formula is C17H15ClN2O4S. The zero-order chi connectivity index (χ0) is 18.2. The molecule has 0 heterocycles. The standard InChI is InChI=1S/C17H15ClN2O4S/c1-23-16(22)11-6-2-4-8-13(11)19-17(25)20-15(21)10-24-14-9-5-3-7-12(14)18/h2-9H,10H2,1H3,(H2,19,20,21,25). The third kappa shape index (κ3) is 5.44. The van der Waals surface area contributed by atoms with Gasteiger partial charge in [0.2, 0.25) is 0 Å². The first-order valence-electron chi connectivity index (χ1n) is 7.16. The van der Waals surface area contributed by atoms with Crippen molar-refractivity contribution in [1.82, 2.24) is 5.32 Å². The van der Waals surface area contributed by atoms with Gasteiger partial charge in [-0.2, -0.15) is 0 Å². The maximum Gasteiger partial charge on any atom is 0.339 e. The number of hydrogen-bond acceptors (Lipinski definition) is 5. The van der Waals surface area contributed by atoms with Crippen LogP contribution in [0.3, 0.4) is 0 Å². The Morgan fingerprint density at radius 2 is 1.80 bits per heavy atom. The van der Waals surface area contributed by atoms with E-state index in [2.05, 4.69) is 10.6 Å². The highest BCUT2D eigenvalue weighted by Crippen LogP contribution is 2.22. The lowest BCUT2D eigenvalue weighted by Crippen LogP contribution is -2.37. The second-order valence-corrected chi connectivity index (χ2v) is 5.57. The average Bonchev–Trinajstić information content (AvgIpc) is 2.60. The molecule has 6 nitrogen and oxygen atoms in total. The van der Waals surface area contributed by atoms with Crippen molar-refractivity contribution in [1.29, 1.82) is 0 Å². The fraction of sp³-hybridized carbons (Fsp3) is 0.118. The van der Waals surface area contributed by atoms with Gasteiger partial charge in [-0.1, -0.05) is 35.9 Å². The number of thiocarbonyl (C=S) groups is 1. The molecule has 0 atom stereocenters. The summed E-state index contributed by atoms with van der Waals surface area (Å²) < 4.78 is 10.0. The first-order valence-corrected chi connectivity index (χ1v) is 7.95. The summed E-state index contributed by atoms with van der Waals surface area (Å²) in [6.07, 6.45) is 0. The Labute approximate surface area is 155 Å². The van der Waals surface area contributed by atoms with E-state index in [0.717, 1.165) is 0 Å². The van der Waals surface area contributed by atoms with E-state index in [-0.39, 0.29) is 11.7 Å². The number of methoxy groups -OCH3 is 1. The summed E-state index contributed by atoms with van der Waals surface area (Å²) in [5.74, 6) is -0.582. The summed E-state index contributed by atoms with van der Waals surface area (Å²) in [4.78, 5) is 23.6. The molecule has 0 aliphatic rings. The van der Waals surface area contributed by atoms with Gasteiger partial charge in [0.15, 0.2) is 11.7 Å². The zero-order valence-electron chi connectivity index (χ0n) is 13.2. The van der Waals surface area contributed by atoms with Gasteiger partial charge in [0.1, 0.15) is 5.75 Å². The number of carbonyl (C=O) groups excluding carboxylic acids is 2. The Hall–Kier alpha value is -2.64. The van der Waals surface area contributed by atoms with Crippen LogP contribution >= 0.6 is 23.8 Å². The number of benzene rings is 2. The topological polar surface area (TPSA) is 76.7 Å². The van der Waals surface area contributed by atoms with Gasteiger partial charge in [-0.25, -0.2) is 4.79 Å². The summed E-state index contributed by atoms with van der Waals surface area (Å²) in [6.45, 7) is -0.260. The monoisotopic (exact) mass is 378 g/mol. The van der Waals surface area contributed by atoms with Crippen LogP contribution in [0, 0.1) is 0 Å². The minimum atomic E-state index is -0.515. The number of amides is 1. The fourth-order valence-electron chi connectivity index (χ4n) is 1.90. The molecule has 0 spiro atoms. The number of ether oxygens (including phenoxy) is 2. The average molecular weight is 379 g/mol. The summed E-state index contributed by atoms with van der Waals surface area (Å²) in [6, 6.07) is 13.5. The number of nitrogens with one attached hydrogen (secondary N) is 2. The number of anilines is 1. The van der Waals surface area contributed by atoms with Gasteiger partial charge < -0.3 is 14.8 Å². The van der Waals surface area contributed by atoms with E-state index in [1.165, 1.54) is 7.11 Å². The molecule has 1 amide bonds. The van der Waals surface area contributed by atoms with E-state index in [4.69, 9.17) is 33.3 Å². The van der Waals surface area contributed by atoms with Crippen LogP contribution in [0.25, 0.3) is 0 Å². The molecule has 0 saturated heterocycles. The van der Waals surface area contributed by atoms with E-state index < -0.39 is 11.9 Å². The Kier molecular flexibility index (Phi) is 6.73. The first kappa shape index (κ1) is 18.7. The lowest BCUT2D eigenvalue weighted by molar-refractivity contribution is -0.121. The zero-order valence-corrected chi connectivity index (χ0v) is 14.8. The maximum atomic E-state index is 11.9. The van der Waals surface area contributed by atoms with Crippen LogP contribution in [0.15, 0.2) is 48.5 Å². The lowest BCUT2D eigenvalue weighted by atomic mass is 10.2. The van der Waals surface area contributed by atoms with Crippen molar-refractivity contribution in [3.63, 3.8) is 0 Å². The third-order valence-electron chi connectivity index (χ3n) is 3.03. The summed E-state index contributed by atoms with van der Waals surface area (Å²) >= 11 is 11.0. The van der Waals surface area contributed by atoms with Gasteiger partial charge >= 0.3 is 5.97 Å². The van der Waals surface area contributed by atoms with Crippen LogP contribution in [0.1, 0.15) is 10.4 Å². The summed E-state index contributed by atoms with van der Waals surface area (Å²) in [5.41, 5.74) is 0.723. The Morgan fingerprint density at radius 1 is 1.12 bits per heavy atom. The molecule has 0 aliphatic carbocycles. The van der Waals surface area contributed by atoms with Gasteiger partial charge in [-0.3, -0.25) is 10.1 Å². The second kappa shape index (κ2) is 9.00. The maximum absolute atomic E-state index is 11.9. The minimum absolute atomic E-state index is 0.0316. The van der Waals surface area contributed by atoms with Gasteiger partial charge in [-0.05, 0) is 36.5 Å². The summed E-state index contributed by atoms with van der Waals surface area (Å²) in [7, 11) is 1.28. The minimum Gasteiger partial charge on any atom is -0.482 e. The van der Waals surface area contributed by atoms with Crippen LogP contribution in [0.2, 0.25) is 5.02 Å². The number of hydrogen-bond donors (Lipinski definition) is 2. The molecule has 0 radical (unpaired) electrons. The van der Waals surface area contributed by atoms with Crippen molar-refractivity contribution < 1.29 is 19.1 Å². The van der Waals surface area contributed by atoms with Crippen molar-refractivity contribution in [3.05, 3.63) is 59.1 Å². The number of halogens is 1. The van der Waals surface area contributed by atoms with Crippen LogP contribution in [0.5, 0.6) is 5.75 Å². The van der Waals surface area contributed by atoms with E-state index in [1.807, 2.05) is 0 Å². The number of para-hydroxylation sites is 2. The molecule has 2 N–H and O–H groups in total. The number of esters is 1. The molecule has 2 aromatic rings. The van der Waals surface area contributed by atoms with Gasteiger partial charge in [0, 0.05) is 0 Å². The molecule has 25 heavy (non-hydrogen) atoms. The largest absolute Gasteiger partial charge is 0.482 e. The van der Waals surface area contributed by atoms with Crippen LogP contribution in [-0.4, -0.2) is 30.7 Å². The van der Waals surface area contributed by atoms with Crippen molar-refractivity contribution in [3.8, 4) is 5.75 Å². The molecule has 0 fully saturated rings. The highest BCUT2D eigenvalue weighted by atomic mass is 35.5. The molecule has 0 aliphatic heterocycles. The van der Waals surface area contributed by atoms with Crippen molar-refractivity contribution in [2.75, 3.05) is 19.0 Å². The SMILES string of the molecule is COC(=O)c1ccccc1NC(=S)NC(=O)COc1ccccc1Cl. The van der Waals surface area contributed by atoms with Gasteiger partial charge in [0.25, 0.3) is 5.91 Å². The molecule has 8 heteroatoms. The Balaban J connectivity index is 1.91. The van der Waals surface area contributed by atoms with Crippen molar-refractivity contribution in [2.24, 2.45) is 0 Å². The first-order chi connectivity index (χ1) is 12.0. The molecule has 2 aromatic carbocycles. The second-order valence-electron chi connectivity index (χ2n) is 4.76. The quantitative estimate of drug-likeness (QED) is 0.615. The highest BCUT2D eigenvalue weighted by Gasteiger charge is 2.13. The van der Waals surface area contributed by atoms with Crippen LogP contribution < -0.4 is 15.4 Å². The molecule has 0 aromatic heterocycles. The molecule has 0 bridgehead atoms. The van der Waals surface area contributed by atoms with Crippen LogP contribution in [-0.2, 0) is 9.53 Å². The van der Waals surface area contributed by atoms with E-state index in [1.54, 1.807) is 48.5 Å². The molecular weight excluding hydrogens is 364 g/mol. The van der Waals surface area contributed by atoms with E-state index >= 15 is 0 Å². The predicted molar refractivity (Wildman–Crippen MR) is 99.1 cm³/mol. The van der Waals surface area contributed by atoms with Crippen LogP contribution in [0.4, 0.5) is 5.69 Å². The lowest BCUT2D eigenvalue weighted by Gasteiger charge is -2.13. The molecule has 0 unspecified atom stereocenters. The smallest absolute Gasteiger partial charge is 0.339 e. The molecule has 0 saturated carbocycles. The van der Waals surface area contributed by atoms with Gasteiger partial charge in [-0.15, -0.1) is 0 Å². The Morgan fingerprint density at radius 3 is 2.52 bits per heavy atom. The number of carbonyl (C=O) groups is 2. The van der Waals surface area contributed by atoms with E-state index in [9.17, 15) is 9.59 Å². The van der Waals surface area contributed by atoms with Crippen molar-refractivity contribution in [2.45, 2.75) is 0 Å². The normalized spacial score (nSPS) is 9.84.